The summed E-state index contributed by atoms with van der Waals surface area (Å²) in [6.07, 6.45) is 3.00. The summed E-state index contributed by atoms with van der Waals surface area (Å²) < 4.78 is 8.26. The fourth-order valence-corrected chi connectivity index (χ4v) is 3.00. The minimum absolute atomic E-state index is 0.837. The Morgan fingerprint density at radius 1 is 1.21 bits per heavy atom. The fraction of sp³-hybridized carbons (Fsp3) is 0.316. The molecule has 0 unspecified atom stereocenters. The van der Waals surface area contributed by atoms with Gasteiger partial charge in [0.2, 0.25) is 0 Å². The maximum absolute atomic E-state index is 6.06. The average Bonchev–Trinajstić information content (AvgIpc) is 2.53. The molecule has 0 aromatic heterocycles. The van der Waals surface area contributed by atoms with Crippen molar-refractivity contribution in [3.63, 3.8) is 0 Å². The lowest BCUT2D eigenvalue weighted by Gasteiger charge is -2.13. The van der Waals surface area contributed by atoms with Crippen molar-refractivity contribution in [2.75, 3.05) is 13.6 Å². The summed E-state index contributed by atoms with van der Waals surface area (Å²) in [5.74, 6) is 1.70. The Bertz CT molecular complexity index is 746. The van der Waals surface area contributed by atoms with Gasteiger partial charge in [0.25, 0.3) is 0 Å². The summed E-state index contributed by atoms with van der Waals surface area (Å²) in [5.41, 5.74) is 3.15. The van der Waals surface area contributed by atoms with Crippen LogP contribution in [0.2, 0.25) is 0 Å². The number of nitrogens with zero attached hydrogens (tertiary/aromatic N) is 2. The SMILES string of the molecule is CCCN(C)/C=N/c1cc(C)c(Oc2ccc(Br)c(I)c2)cc1C. The van der Waals surface area contributed by atoms with Crippen LogP contribution < -0.4 is 4.74 Å². The van der Waals surface area contributed by atoms with Gasteiger partial charge in [0.1, 0.15) is 11.5 Å². The second-order valence-corrected chi connectivity index (χ2v) is 7.82. The molecule has 0 amide bonds. The number of aliphatic imine (C=N–C) groups is 1. The van der Waals surface area contributed by atoms with Gasteiger partial charge in [-0.3, -0.25) is 0 Å². The van der Waals surface area contributed by atoms with Crippen LogP contribution in [-0.4, -0.2) is 24.8 Å². The Morgan fingerprint density at radius 2 is 1.96 bits per heavy atom. The number of benzene rings is 2. The number of hydrogen-bond acceptors (Lipinski definition) is 2. The molecule has 2 aromatic carbocycles. The first-order valence-electron chi connectivity index (χ1n) is 7.89. The highest BCUT2D eigenvalue weighted by Gasteiger charge is 2.07. The Morgan fingerprint density at radius 3 is 2.62 bits per heavy atom. The van der Waals surface area contributed by atoms with Crippen molar-refractivity contribution in [1.82, 2.24) is 4.90 Å². The first kappa shape index (κ1) is 19.2. The van der Waals surface area contributed by atoms with Crippen LogP contribution >= 0.6 is 38.5 Å². The molecule has 0 atom stereocenters. The molecule has 0 spiro atoms. The molecular weight excluding hydrogens is 479 g/mol. The van der Waals surface area contributed by atoms with Gasteiger partial charge < -0.3 is 9.64 Å². The second kappa shape index (κ2) is 8.85. The van der Waals surface area contributed by atoms with Crippen molar-refractivity contribution >= 4 is 50.5 Å². The average molecular weight is 501 g/mol. The minimum atomic E-state index is 0.837. The fourth-order valence-electron chi connectivity index (χ4n) is 2.26. The summed E-state index contributed by atoms with van der Waals surface area (Å²) in [5, 5.41) is 0. The topological polar surface area (TPSA) is 24.8 Å². The molecule has 24 heavy (non-hydrogen) atoms. The molecule has 0 bridgehead atoms. The minimum Gasteiger partial charge on any atom is -0.457 e. The van der Waals surface area contributed by atoms with Gasteiger partial charge in [-0.05, 0) is 100 Å². The van der Waals surface area contributed by atoms with E-state index in [0.717, 1.165) is 49.3 Å². The third-order valence-corrected chi connectivity index (χ3v) is 5.91. The van der Waals surface area contributed by atoms with E-state index in [1.54, 1.807) is 0 Å². The number of hydrogen-bond donors (Lipinski definition) is 0. The van der Waals surface area contributed by atoms with Crippen LogP contribution in [0.25, 0.3) is 0 Å². The lowest BCUT2D eigenvalue weighted by Crippen LogP contribution is -2.16. The monoisotopic (exact) mass is 500 g/mol. The number of aryl methyl sites for hydroxylation is 2. The van der Waals surface area contributed by atoms with Gasteiger partial charge in [0, 0.05) is 21.6 Å². The van der Waals surface area contributed by atoms with Gasteiger partial charge in [0.05, 0.1) is 12.0 Å². The van der Waals surface area contributed by atoms with E-state index in [2.05, 4.69) is 74.4 Å². The molecular formula is C19H22BrIN2O. The molecule has 2 aromatic rings. The predicted molar refractivity (Wildman–Crippen MR) is 114 cm³/mol. The lowest BCUT2D eigenvalue weighted by atomic mass is 10.1. The van der Waals surface area contributed by atoms with E-state index in [1.165, 1.54) is 0 Å². The van der Waals surface area contributed by atoms with Crippen LogP contribution in [0.5, 0.6) is 11.5 Å². The van der Waals surface area contributed by atoms with Crippen molar-refractivity contribution < 1.29 is 4.74 Å². The van der Waals surface area contributed by atoms with Gasteiger partial charge in [0.15, 0.2) is 0 Å². The van der Waals surface area contributed by atoms with Crippen molar-refractivity contribution in [1.29, 1.82) is 0 Å². The second-order valence-electron chi connectivity index (χ2n) is 5.81. The van der Waals surface area contributed by atoms with Crippen LogP contribution in [-0.2, 0) is 0 Å². The maximum Gasteiger partial charge on any atom is 0.130 e. The quantitative estimate of drug-likeness (QED) is 0.258. The third-order valence-electron chi connectivity index (χ3n) is 3.58. The molecule has 0 aliphatic carbocycles. The summed E-state index contributed by atoms with van der Waals surface area (Å²) in [6, 6.07) is 10.1. The lowest BCUT2D eigenvalue weighted by molar-refractivity contribution is 0.478. The Balaban J connectivity index is 2.21. The van der Waals surface area contributed by atoms with Crippen molar-refractivity contribution in [3.05, 3.63) is 49.5 Å². The molecule has 5 heteroatoms. The van der Waals surface area contributed by atoms with Crippen molar-refractivity contribution in [2.24, 2.45) is 4.99 Å². The van der Waals surface area contributed by atoms with E-state index >= 15 is 0 Å². The zero-order valence-electron chi connectivity index (χ0n) is 14.4. The maximum atomic E-state index is 6.06. The molecule has 0 radical (unpaired) electrons. The van der Waals surface area contributed by atoms with Gasteiger partial charge in [-0.1, -0.05) is 6.92 Å². The van der Waals surface area contributed by atoms with Crippen LogP contribution in [0.4, 0.5) is 5.69 Å². The van der Waals surface area contributed by atoms with E-state index in [9.17, 15) is 0 Å². The normalized spacial score (nSPS) is 11.1. The highest BCUT2D eigenvalue weighted by atomic mass is 127. The van der Waals surface area contributed by atoms with Crippen LogP contribution in [0.1, 0.15) is 24.5 Å². The van der Waals surface area contributed by atoms with Crippen molar-refractivity contribution in [3.8, 4) is 11.5 Å². The van der Waals surface area contributed by atoms with E-state index in [4.69, 9.17) is 4.74 Å². The van der Waals surface area contributed by atoms with Gasteiger partial charge >= 0.3 is 0 Å². The summed E-state index contributed by atoms with van der Waals surface area (Å²) >= 11 is 5.79. The molecule has 0 saturated carbocycles. The van der Waals surface area contributed by atoms with Crippen LogP contribution in [0.15, 0.2) is 39.8 Å². The molecule has 0 saturated heterocycles. The van der Waals surface area contributed by atoms with Gasteiger partial charge in [-0.15, -0.1) is 0 Å². The summed E-state index contributed by atoms with van der Waals surface area (Å²) in [7, 11) is 2.04. The number of halogens is 2. The van der Waals surface area contributed by atoms with Gasteiger partial charge in [-0.25, -0.2) is 4.99 Å². The Kier molecular flexibility index (Phi) is 7.10. The van der Waals surface area contributed by atoms with Crippen LogP contribution in [0, 0.1) is 17.4 Å². The molecule has 0 aliphatic rings. The Labute approximate surface area is 166 Å². The van der Waals surface area contributed by atoms with Crippen LogP contribution in [0.3, 0.4) is 0 Å². The molecule has 3 nitrogen and oxygen atoms in total. The molecule has 0 aliphatic heterocycles. The molecule has 0 N–H and O–H groups in total. The predicted octanol–water partition coefficient (Wildman–Crippen LogP) is 6.46. The summed E-state index contributed by atoms with van der Waals surface area (Å²) in [6.45, 7) is 7.28. The largest absolute Gasteiger partial charge is 0.457 e. The third kappa shape index (κ3) is 5.21. The molecule has 0 heterocycles. The standard InChI is InChI=1S/C19H22BrIN2O/c1-5-8-23(4)12-22-18-9-14(3)19(10-13(18)2)24-15-6-7-16(20)17(21)11-15/h6-7,9-12H,5,8H2,1-4H3/b22-12+. The molecule has 0 fully saturated rings. The molecule has 2 rings (SSSR count). The Hall–Kier alpha value is -1.08. The first-order valence-corrected chi connectivity index (χ1v) is 9.76. The summed E-state index contributed by atoms with van der Waals surface area (Å²) in [4.78, 5) is 6.70. The highest BCUT2D eigenvalue weighted by molar-refractivity contribution is 14.1. The van der Waals surface area contributed by atoms with Gasteiger partial charge in [-0.2, -0.15) is 0 Å². The number of ether oxygens (including phenoxy) is 1. The zero-order valence-corrected chi connectivity index (χ0v) is 18.2. The van der Waals surface area contributed by atoms with Crippen molar-refractivity contribution in [2.45, 2.75) is 27.2 Å². The van der Waals surface area contributed by atoms with E-state index in [1.807, 2.05) is 38.5 Å². The van der Waals surface area contributed by atoms with E-state index in [0.29, 0.717) is 0 Å². The first-order chi connectivity index (χ1) is 11.4. The highest BCUT2D eigenvalue weighted by Crippen LogP contribution is 2.33. The smallest absolute Gasteiger partial charge is 0.130 e. The molecule has 128 valence electrons. The van der Waals surface area contributed by atoms with E-state index < -0.39 is 0 Å². The zero-order chi connectivity index (χ0) is 17.7. The number of rotatable bonds is 6. The van der Waals surface area contributed by atoms with E-state index in [-0.39, 0.29) is 0 Å².